The summed E-state index contributed by atoms with van der Waals surface area (Å²) in [7, 11) is 3.12. The van der Waals surface area contributed by atoms with Crippen LogP contribution in [-0.4, -0.2) is 40.5 Å². The minimum atomic E-state index is -0.507. The van der Waals surface area contributed by atoms with Crippen LogP contribution in [0, 0.1) is 0 Å². The van der Waals surface area contributed by atoms with Gasteiger partial charge in [0.2, 0.25) is 11.7 Å². The molecule has 2 N–H and O–H groups in total. The molecule has 0 radical (unpaired) electrons. The highest BCUT2D eigenvalue weighted by molar-refractivity contribution is 6.01. The fourth-order valence-electron chi connectivity index (χ4n) is 2.72. The fraction of sp³-hybridized carbons (Fsp3) is 0.100. The topological polar surface area (TPSA) is 115 Å². The molecule has 1 amide bonds. The molecule has 146 valence electrons. The average molecular weight is 391 g/mol. The number of hydrogen-bond donors (Lipinski definition) is 2. The van der Waals surface area contributed by atoms with E-state index >= 15 is 0 Å². The van der Waals surface area contributed by atoms with Gasteiger partial charge in [-0.2, -0.15) is 4.98 Å². The number of H-pyrrole nitrogens is 1. The van der Waals surface area contributed by atoms with E-state index in [9.17, 15) is 4.79 Å². The van der Waals surface area contributed by atoms with E-state index in [1.165, 1.54) is 0 Å². The van der Waals surface area contributed by atoms with Gasteiger partial charge in [-0.15, -0.1) is 5.10 Å². The molecular formula is C20H17N5O4. The molecule has 0 saturated heterocycles. The van der Waals surface area contributed by atoms with Gasteiger partial charge in [-0.3, -0.25) is 15.2 Å². The fourth-order valence-corrected chi connectivity index (χ4v) is 2.72. The van der Waals surface area contributed by atoms with Gasteiger partial charge >= 0.3 is 0 Å². The number of ether oxygens (including phenoxy) is 2. The molecule has 9 heteroatoms. The van der Waals surface area contributed by atoms with E-state index in [-0.39, 0.29) is 11.7 Å². The molecule has 0 fully saturated rings. The molecule has 0 saturated carbocycles. The van der Waals surface area contributed by atoms with Crippen LogP contribution in [0.1, 0.15) is 10.6 Å². The molecule has 0 aliphatic rings. The van der Waals surface area contributed by atoms with Crippen molar-refractivity contribution in [2.75, 3.05) is 19.5 Å². The molecule has 0 aliphatic heterocycles. The van der Waals surface area contributed by atoms with Crippen LogP contribution in [0.4, 0.5) is 5.95 Å². The molecule has 4 rings (SSSR count). The highest BCUT2D eigenvalue weighted by Crippen LogP contribution is 2.31. The average Bonchev–Trinajstić information content (AvgIpc) is 3.44. The van der Waals surface area contributed by atoms with Crippen LogP contribution in [0.25, 0.3) is 22.6 Å². The highest BCUT2D eigenvalue weighted by Gasteiger charge is 2.17. The van der Waals surface area contributed by atoms with Crippen molar-refractivity contribution in [3.05, 3.63) is 60.4 Å². The van der Waals surface area contributed by atoms with E-state index in [2.05, 4.69) is 25.7 Å². The largest absolute Gasteiger partial charge is 0.497 e. The Kier molecular flexibility index (Phi) is 4.93. The zero-order valence-corrected chi connectivity index (χ0v) is 15.7. The maximum Gasteiger partial charge on any atom is 0.296 e. The van der Waals surface area contributed by atoms with Crippen LogP contribution in [0.15, 0.2) is 59.1 Å². The van der Waals surface area contributed by atoms with Crippen molar-refractivity contribution in [1.29, 1.82) is 0 Å². The summed E-state index contributed by atoms with van der Waals surface area (Å²) < 4.78 is 15.7. The Morgan fingerprint density at radius 3 is 2.66 bits per heavy atom. The number of amides is 1. The van der Waals surface area contributed by atoms with Crippen LogP contribution in [0.2, 0.25) is 0 Å². The Labute approximate surface area is 165 Å². The number of rotatable bonds is 6. The van der Waals surface area contributed by atoms with Crippen molar-refractivity contribution in [2.45, 2.75) is 0 Å². The SMILES string of the molecule is COc1ccc(-c2nc(NC(=O)c3cc(-c4ccccc4)no3)n[nH]2)c(OC)c1. The molecule has 9 nitrogen and oxygen atoms in total. The second-order valence-corrected chi connectivity index (χ2v) is 5.97. The first kappa shape index (κ1) is 18.2. The van der Waals surface area contributed by atoms with Gasteiger partial charge in [0.25, 0.3) is 5.91 Å². The zero-order chi connectivity index (χ0) is 20.2. The van der Waals surface area contributed by atoms with E-state index in [0.29, 0.717) is 28.6 Å². The Balaban J connectivity index is 1.51. The second-order valence-electron chi connectivity index (χ2n) is 5.97. The monoisotopic (exact) mass is 391 g/mol. The maximum atomic E-state index is 12.4. The Bertz CT molecular complexity index is 1140. The summed E-state index contributed by atoms with van der Waals surface area (Å²) in [6, 6.07) is 16.3. The lowest BCUT2D eigenvalue weighted by atomic mass is 10.1. The van der Waals surface area contributed by atoms with Crippen LogP contribution < -0.4 is 14.8 Å². The third-order valence-corrected chi connectivity index (χ3v) is 4.18. The molecular weight excluding hydrogens is 374 g/mol. The van der Waals surface area contributed by atoms with E-state index in [4.69, 9.17) is 14.0 Å². The number of carbonyl (C=O) groups is 1. The lowest BCUT2D eigenvalue weighted by molar-refractivity contribution is 0.0987. The molecule has 2 aromatic carbocycles. The summed E-state index contributed by atoms with van der Waals surface area (Å²) >= 11 is 0. The smallest absolute Gasteiger partial charge is 0.296 e. The van der Waals surface area contributed by atoms with Gasteiger partial charge in [0.15, 0.2) is 5.82 Å². The number of aromatic amines is 1. The zero-order valence-electron chi connectivity index (χ0n) is 15.7. The lowest BCUT2D eigenvalue weighted by Crippen LogP contribution is -2.12. The van der Waals surface area contributed by atoms with Gasteiger partial charge < -0.3 is 14.0 Å². The number of benzene rings is 2. The van der Waals surface area contributed by atoms with Gasteiger partial charge in [-0.25, -0.2) is 0 Å². The van der Waals surface area contributed by atoms with E-state index in [1.807, 2.05) is 30.3 Å². The number of carbonyl (C=O) groups excluding carboxylic acids is 1. The minimum Gasteiger partial charge on any atom is -0.497 e. The van der Waals surface area contributed by atoms with Crippen molar-refractivity contribution in [3.8, 4) is 34.1 Å². The van der Waals surface area contributed by atoms with Gasteiger partial charge in [-0.1, -0.05) is 35.5 Å². The van der Waals surface area contributed by atoms with Crippen molar-refractivity contribution < 1.29 is 18.8 Å². The first-order chi connectivity index (χ1) is 14.2. The van der Waals surface area contributed by atoms with Crippen LogP contribution >= 0.6 is 0 Å². The summed E-state index contributed by atoms with van der Waals surface area (Å²) in [6.45, 7) is 0. The molecule has 0 atom stereocenters. The van der Waals surface area contributed by atoms with Gasteiger partial charge in [0.05, 0.1) is 19.8 Å². The number of hydrogen-bond acceptors (Lipinski definition) is 7. The third-order valence-electron chi connectivity index (χ3n) is 4.18. The third kappa shape index (κ3) is 3.79. The standard InChI is InChI=1S/C20H17N5O4/c1-27-13-8-9-14(16(10-13)28-2)18-21-20(24-23-18)22-19(26)17-11-15(25-29-17)12-6-4-3-5-7-12/h3-11H,1-2H3,(H2,21,22,23,24,26). The van der Waals surface area contributed by atoms with Crippen molar-refractivity contribution >= 4 is 11.9 Å². The van der Waals surface area contributed by atoms with Gasteiger partial charge in [0.1, 0.15) is 17.2 Å². The predicted molar refractivity (Wildman–Crippen MR) is 105 cm³/mol. The Morgan fingerprint density at radius 2 is 1.90 bits per heavy atom. The molecule has 29 heavy (non-hydrogen) atoms. The molecule has 2 aromatic heterocycles. The first-order valence-corrected chi connectivity index (χ1v) is 8.66. The normalized spacial score (nSPS) is 10.6. The first-order valence-electron chi connectivity index (χ1n) is 8.66. The Hall–Kier alpha value is -4.14. The number of nitrogens with zero attached hydrogens (tertiary/aromatic N) is 3. The lowest BCUT2D eigenvalue weighted by Gasteiger charge is -2.07. The van der Waals surface area contributed by atoms with Gasteiger partial charge in [-0.05, 0) is 12.1 Å². The number of anilines is 1. The number of aromatic nitrogens is 4. The summed E-state index contributed by atoms with van der Waals surface area (Å²) in [5.41, 5.74) is 2.09. The highest BCUT2D eigenvalue weighted by atomic mass is 16.5. The van der Waals surface area contributed by atoms with Gasteiger partial charge in [0, 0.05) is 17.7 Å². The maximum absolute atomic E-state index is 12.4. The molecule has 2 heterocycles. The van der Waals surface area contributed by atoms with Crippen LogP contribution in [-0.2, 0) is 0 Å². The molecule has 0 spiro atoms. The summed E-state index contributed by atoms with van der Waals surface area (Å²) in [5.74, 6) is 1.28. The summed E-state index contributed by atoms with van der Waals surface area (Å²) in [4.78, 5) is 16.7. The molecule has 0 unspecified atom stereocenters. The summed E-state index contributed by atoms with van der Waals surface area (Å²) in [6.07, 6.45) is 0. The van der Waals surface area contributed by atoms with Crippen LogP contribution in [0.5, 0.6) is 11.5 Å². The summed E-state index contributed by atoms with van der Waals surface area (Å²) in [5, 5.41) is 13.3. The molecule has 0 aliphatic carbocycles. The van der Waals surface area contributed by atoms with E-state index < -0.39 is 5.91 Å². The van der Waals surface area contributed by atoms with E-state index in [0.717, 1.165) is 5.56 Å². The van der Waals surface area contributed by atoms with Crippen molar-refractivity contribution in [3.63, 3.8) is 0 Å². The second kappa shape index (κ2) is 7.85. The number of methoxy groups -OCH3 is 2. The van der Waals surface area contributed by atoms with Crippen LogP contribution in [0.3, 0.4) is 0 Å². The predicted octanol–water partition coefficient (Wildman–Crippen LogP) is 3.40. The number of nitrogens with one attached hydrogen (secondary N) is 2. The molecule has 4 aromatic rings. The quantitative estimate of drug-likeness (QED) is 0.517. The van der Waals surface area contributed by atoms with Crippen molar-refractivity contribution in [1.82, 2.24) is 20.3 Å². The Morgan fingerprint density at radius 1 is 1.07 bits per heavy atom. The van der Waals surface area contributed by atoms with Crippen molar-refractivity contribution in [2.24, 2.45) is 0 Å². The van der Waals surface area contributed by atoms with E-state index in [1.54, 1.807) is 38.5 Å². The minimum absolute atomic E-state index is 0.0530. The molecule has 0 bridgehead atoms.